The van der Waals surface area contributed by atoms with Crippen LogP contribution in [0.2, 0.25) is 0 Å². The summed E-state index contributed by atoms with van der Waals surface area (Å²) in [7, 11) is 0. The van der Waals surface area contributed by atoms with E-state index in [4.69, 9.17) is 8.83 Å². The smallest absolute Gasteiger partial charge is 0.344 e. The normalized spacial score (nSPS) is 14.7. The molecular weight excluding hydrogens is 382 g/mol. The molecule has 0 spiro atoms. The van der Waals surface area contributed by atoms with Crippen LogP contribution in [0, 0.1) is 0 Å². The number of para-hydroxylation sites is 2. The maximum Gasteiger partial charge on any atom is 0.344 e. The highest BCUT2D eigenvalue weighted by molar-refractivity contribution is 5.99. The van der Waals surface area contributed by atoms with Crippen molar-refractivity contribution in [3.63, 3.8) is 0 Å². The Kier molecular flexibility index (Phi) is 3.29. The molecule has 1 N–H and O–H groups in total. The molecular formula is C24H13NO5. The number of aromatic hydroxyl groups is 1. The standard InChI is InChI=1S/C24H13NO5/c26-22-13-7-2-4-10-16(13)30-24(28)20(22)18-19-17(14-8-5-11-25-21(14)18)12-6-1-3-9-15(12)29-23(19)27/h1-11,18,26H/t18-/m1/s1. The second kappa shape index (κ2) is 5.90. The fourth-order valence-corrected chi connectivity index (χ4v) is 4.40. The van der Waals surface area contributed by atoms with Gasteiger partial charge in [0.15, 0.2) is 0 Å². The summed E-state index contributed by atoms with van der Waals surface area (Å²) < 4.78 is 11.0. The molecule has 6 rings (SSSR count). The second-order valence-corrected chi connectivity index (χ2v) is 7.19. The van der Waals surface area contributed by atoms with Gasteiger partial charge in [-0.25, -0.2) is 9.59 Å². The Balaban J connectivity index is 1.79. The van der Waals surface area contributed by atoms with E-state index in [1.165, 1.54) is 0 Å². The molecule has 3 aromatic heterocycles. The monoisotopic (exact) mass is 395 g/mol. The zero-order chi connectivity index (χ0) is 20.4. The Labute approximate surface area is 168 Å². The van der Waals surface area contributed by atoms with Gasteiger partial charge < -0.3 is 13.9 Å². The Morgan fingerprint density at radius 1 is 0.767 bits per heavy atom. The molecule has 0 saturated heterocycles. The first-order valence-corrected chi connectivity index (χ1v) is 9.41. The first-order valence-electron chi connectivity index (χ1n) is 9.41. The molecule has 6 heteroatoms. The van der Waals surface area contributed by atoms with E-state index in [0.717, 1.165) is 10.9 Å². The Hall–Kier alpha value is -4.19. The average molecular weight is 395 g/mol. The van der Waals surface area contributed by atoms with Gasteiger partial charge in [-0.15, -0.1) is 0 Å². The number of aromatic nitrogens is 1. The lowest BCUT2D eigenvalue weighted by molar-refractivity contribution is 0.454. The lowest BCUT2D eigenvalue weighted by atomic mass is 9.92. The van der Waals surface area contributed by atoms with Gasteiger partial charge in [-0.05, 0) is 24.3 Å². The van der Waals surface area contributed by atoms with E-state index in [-0.39, 0.29) is 22.5 Å². The lowest BCUT2D eigenvalue weighted by Crippen LogP contribution is -2.19. The van der Waals surface area contributed by atoms with Crippen LogP contribution in [0.1, 0.15) is 22.7 Å². The summed E-state index contributed by atoms with van der Waals surface area (Å²) >= 11 is 0. The van der Waals surface area contributed by atoms with Crippen LogP contribution in [0.15, 0.2) is 85.3 Å². The third-order valence-corrected chi connectivity index (χ3v) is 5.63. The van der Waals surface area contributed by atoms with E-state index in [1.54, 1.807) is 48.7 Å². The van der Waals surface area contributed by atoms with Gasteiger partial charge in [0, 0.05) is 22.7 Å². The molecule has 0 fully saturated rings. The van der Waals surface area contributed by atoms with Crippen molar-refractivity contribution in [1.82, 2.24) is 4.98 Å². The molecule has 144 valence electrons. The molecule has 0 unspecified atom stereocenters. The number of benzene rings is 2. The molecule has 0 amide bonds. The summed E-state index contributed by atoms with van der Waals surface area (Å²) in [5.41, 5.74) is 1.60. The molecule has 6 nitrogen and oxygen atoms in total. The first kappa shape index (κ1) is 16.7. The van der Waals surface area contributed by atoms with Gasteiger partial charge in [-0.1, -0.05) is 36.4 Å². The molecule has 1 aliphatic rings. The second-order valence-electron chi connectivity index (χ2n) is 7.19. The molecule has 30 heavy (non-hydrogen) atoms. The van der Waals surface area contributed by atoms with Gasteiger partial charge in [-0.3, -0.25) is 4.98 Å². The first-order chi connectivity index (χ1) is 14.6. The predicted octanol–water partition coefficient (Wildman–Crippen LogP) is 4.16. The van der Waals surface area contributed by atoms with Crippen LogP contribution >= 0.6 is 0 Å². The van der Waals surface area contributed by atoms with E-state index in [9.17, 15) is 14.7 Å². The van der Waals surface area contributed by atoms with Crippen molar-refractivity contribution < 1.29 is 13.9 Å². The number of hydrogen-bond acceptors (Lipinski definition) is 6. The summed E-state index contributed by atoms with van der Waals surface area (Å²) in [6.07, 6.45) is 1.60. The van der Waals surface area contributed by atoms with E-state index >= 15 is 0 Å². The van der Waals surface area contributed by atoms with Gasteiger partial charge in [0.2, 0.25) is 0 Å². The third kappa shape index (κ3) is 2.10. The van der Waals surface area contributed by atoms with Crippen molar-refractivity contribution >= 4 is 21.9 Å². The fraction of sp³-hybridized carbons (Fsp3) is 0.0417. The molecule has 3 heterocycles. The van der Waals surface area contributed by atoms with Gasteiger partial charge in [0.25, 0.3) is 0 Å². The van der Waals surface area contributed by atoms with Crippen LogP contribution in [0.5, 0.6) is 5.75 Å². The minimum absolute atomic E-state index is 0.0185. The largest absolute Gasteiger partial charge is 0.507 e. The van der Waals surface area contributed by atoms with Crippen LogP contribution in [-0.4, -0.2) is 10.1 Å². The quantitative estimate of drug-likeness (QED) is 0.420. The number of fused-ring (bicyclic) bond motifs is 6. The van der Waals surface area contributed by atoms with E-state index < -0.39 is 17.2 Å². The average Bonchev–Trinajstić information content (AvgIpc) is 3.10. The molecule has 0 aliphatic heterocycles. The van der Waals surface area contributed by atoms with Crippen LogP contribution in [-0.2, 0) is 0 Å². The van der Waals surface area contributed by atoms with Gasteiger partial charge in [0.05, 0.1) is 28.1 Å². The lowest BCUT2D eigenvalue weighted by Gasteiger charge is -2.13. The van der Waals surface area contributed by atoms with E-state index in [1.807, 2.05) is 18.2 Å². The van der Waals surface area contributed by atoms with E-state index in [0.29, 0.717) is 22.2 Å². The van der Waals surface area contributed by atoms with Gasteiger partial charge in [-0.2, -0.15) is 0 Å². The third-order valence-electron chi connectivity index (χ3n) is 5.63. The summed E-state index contributed by atoms with van der Waals surface area (Å²) in [6, 6.07) is 17.6. The molecule has 2 aromatic carbocycles. The number of rotatable bonds is 1. The summed E-state index contributed by atoms with van der Waals surface area (Å²) in [5, 5.41) is 12.2. The molecule has 1 aliphatic carbocycles. The minimum atomic E-state index is -0.891. The zero-order valence-corrected chi connectivity index (χ0v) is 15.5. The SMILES string of the molecule is O=c1oc2ccccc2c(O)c1[C@@H]1c2ncccc2-c2c1c(=O)oc1ccccc21. The molecule has 5 aromatic rings. The molecule has 0 radical (unpaired) electrons. The van der Waals surface area contributed by atoms with Crippen LogP contribution in [0.3, 0.4) is 0 Å². The summed E-state index contributed by atoms with van der Waals surface area (Å²) in [6.45, 7) is 0. The molecule has 1 atom stereocenters. The Morgan fingerprint density at radius 3 is 2.17 bits per heavy atom. The fourth-order valence-electron chi connectivity index (χ4n) is 4.40. The molecule has 0 saturated carbocycles. The summed E-state index contributed by atoms with van der Waals surface area (Å²) in [4.78, 5) is 30.5. The Morgan fingerprint density at radius 2 is 1.40 bits per heavy atom. The highest BCUT2D eigenvalue weighted by Gasteiger charge is 2.39. The van der Waals surface area contributed by atoms with Crippen molar-refractivity contribution in [2.45, 2.75) is 5.92 Å². The van der Waals surface area contributed by atoms with Crippen molar-refractivity contribution in [1.29, 1.82) is 0 Å². The summed E-state index contributed by atoms with van der Waals surface area (Å²) in [5.74, 6) is -1.11. The number of nitrogens with zero attached hydrogens (tertiary/aromatic N) is 1. The number of hydrogen-bond donors (Lipinski definition) is 1. The van der Waals surface area contributed by atoms with Gasteiger partial charge in [0.1, 0.15) is 16.9 Å². The van der Waals surface area contributed by atoms with Crippen molar-refractivity contribution in [3.8, 4) is 16.9 Å². The zero-order valence-electron chi connectivity index (χ0n) is 15.5. The highest BCUT2D eigenvalue weighted by atomic mass is 16.4. The maximum atomic E-state index is 13.1. The predicted molar refractivity (Wildman–Crippen MR) is 111 cm³/mol. The topological polar surface area (TPSA) is 93.5 Å². The Bertz CT molecular complexity index is 1610. The van der Waals surface area contributed by atoms with Gasteiger partial charge >= 0.3 is 11.3 Å². The highest BCUT2D eigenvalue weighted by Crippen LogP contribution is 2.49. The van der Waals surface area contributed by atoms with Crippen molar-refractivity contribution in [2.24, 2.45) is 0 Å². The van der Waals surface area contributed by atoms with E-state index in [2.05, 4.69) is 4.98 Å². The van der Waals surface area contributed by atoms with Crippen molar-refractivity contribution in [2.75, 3.05) is 0 Å². The molecule has 0 bridgehead atoms. The maximum absolute atomic E-state index is 13.1. The van der Waals surface area contributed by atoms with Crippen LogP contribution in [0.4, 0.5) is 0 Å². The van der Waals surface area contributed by atoms with Crippen LogP contribution < -0.4 is 11.3 Å². The van der Waals surface area contributed by atoms with Crippen LogP contribution in [0.25, 0.3) is 33.1 Å². The minimum Gasteiger partial charge on any atom is -0.507 e. The van der Waals surface area contributed by atoms with Crippen molar-refractivity contribution in [3.05, 3.63) is 105 Å². The number of pyridine rings is 1.